The van der Waals surface area contributed by atoms with Crippen LogP contribution in [0.3, 0.4) is 0 Å². The van der Waals surface area contributed by atoms with E-state index >= 15 is 0 Å². The van der Waals surface area contributed by atoms with Crippen LogP contribution in [0.4, 0.5) is 5.69 Å². The molecule has 0 spiro atoms. The number of benzene rings is 2. The number of nitrogens with one attached hydrogen (secondary N) is 1. The van der Waals surface area contributed by atoms with E-state index in [9.17, 15) is 18.3 Å². The average molecular weight is 405 g/mol. The maximum absolute atomic E-state index is 12.3. The molecule has 8 nitrogen and oxygen atoms in total. The minimum Gasteiger partial charge on any atom is -0.504 e. The second-order valence-electron chi connectivity index (χ2n) is 5.94. The van der Waals surface area contributed by atoms with Crippen molar-refractivity contribution >= 4 is 27.8 Å². The van der Waals surface area contributed by atoms with Crippen molar-refractivity contribution in [2.24, 2.45) is 5.10 Å². The summed E-state index contributed by atoms with van der Waals surface area (Å²) in [4.78, 5) is 12.3. The first-order chi connectivity index (χ1) is 13.3. The highest BCUT2D eigenvalue weighted by molar-refractivity contribution is 7.92. The Balaban J connectivity index is 2.15. The number of nitrogens with zero attached hydrogens (tertiary/aromatic N) is 2. The first-order valence-electron chi connectivity index (χ1n) is 8.51. The summed E-state index contributed by atoms with van der Waals surface area (Å²) < 4.78 is 30.5. The van der Waals surface area contributed by atoms with E-state index in [0.717, 1.165) is 16.1 Å². The number of carbonyl (C=O) groups excluding carboxylic acids is 1. The number of sulfonamides is 1. The normalized spacial score (nSPS) is 11.4. The number of carbonyl (C=O) groups is 1. The molecule has 0 aliphatic rings. The first kappa shape index (κ1) is 21.2. The van der Waals surface area contributed by atoms with Crippen LogP contribution in [0, 0.1) is 0 Å². The van der Waals surface area contributed by atoms with Crippen LogP contribution in [0.15, 0.2) is 47.6 Å². The van der Waals surface area contributed by atoms with E-state index < -0.39 is 22.5 Å². The number of amides is 1. The highest BCUT2D eigenvalue weighted by Gasteiger charge is 2.22. The number of aryl methyl sites for hydroxylation is 1. The van der Waals surface area contributed by atoms with Gasteiger partial charge in [0.25, 0.3) is 5.91 Å². The second-order valence-corrected chi connectivity index (χ2v) is 7.85. The summed E-state index contributed by atoms with van der Waals surface area (Å²) in [5, 5.41) is 13.8. The number of phenols is 1. The van der Waals surface area contributed by atoms with Gasteiger partial charge in [0.05, 0.1) is 25.3 Å². The molecule has 2 aromatic rings. The lowest BCUT2D eigenvalue weighted by atomic mass is 10.1. The van der Waals surface area contributed by atoms with Gasteiger partial charge in [-0.05, 0) is 30.2 Å². The summed E-state index contributed by atoms with van der Waals surface area (Å²) in [5.74, 6) is -0.456. The van der Waals surface area contributed by atoms with Crippen molar-refractivity contribution < 1.29 is 23.1 Å². The van der Waals surface area contributed by atoms with E-state index in [0.29, 0.717) is 17.7 Å². The van der Waals surface area contributed by atoms with E-state index in [4.69, 9.17) is 4.74 Å². The molecule has 0 saturated heterocycles. The van der Waals surface area contributed by atoms with Crippen molar-refractivity contribution in [3.8, 4) is 11.5 Å². The number of aromatic hydroxyl groups is 1. The number of hydrogen-bond donors (Lipinski definition) is 2. The van der Waals surface area contributed by atoms with Gasteiger partial charge >= 0.3 is 0 Å². The van der Waals surface area contributed by atoms with Gasteiger partial charge in [-0.2, -0.15) is 5.10 Å². The molecular formula is C19H23N3O5S. The van der Waals surface area contributed by atoms with Crippen LogP contribution in [0.1, 0.15) is 18.1 Å². The molecule has 150 valence electrons. The maximum Gasteiger partial charge on any atom is 0.260 e. The lowest BCUT2D eigenvalue weighted by Crippen LogP contribution is -2.39. The third kappa shape index (κ3) is 5.23. The fourth-order valence-electron chi connectivity index (χ4n) is 2.58. The number of para-hydroxylation sites is 2. The molecule has 2 rings (SSSR count). The second kappa shape index (κ2) is 9.23. The zero-order valence-electron chi connectivity index (χ0n) is 15.9. The lowest BCUT2D eigenvalue weighted by Gasteiger charge is -2.23. The Labute approximate surface area is 164 Å². The van der Waals surface area contributed by atoms with Crippen LogP contribution in [0.25, 0.3) is 0 Å². The number of anilines is 1. The highest BCUT2D eigenvalue weighted by atomic mass is 32.2. The standard InChI is InChI=1S/C19H23N3O5S/c1-4-14-8-5-6-10-16(14)22(28(3,25)26)13-18(23)21-20-12-15-9-7-11-17(27-2)19(15)24/h5-12,24H,4,13H2,1-3H3,(H,21,23)/b20-12-. The summed E-state index contributed by atoms with van der Waals surface area (Å²) >= 11 is 0. The van der Waals surface area contributed by atoms with Gasteiger partial charge in [0.2, 0.25) is 10.0 Å². The monoisotopic (exact) mass is 405 g/mol. The molecule has 0 aliphatic carbocycles. The predicted molar refractivity (Wildman–Crippen MR) is 108 cm³/mol. The number of methoxy groups -OCH3 is 1. The average Bonchev–Trinajstić information content (AvgIpc) is 2.66. The Morgan fingerprint density at radius 1 is 1.25 bits per heavy atom. The van der Waals surface area contributed by atoms with Gasteiger partial charge < -0.3 is 9.84 Å². The molecular weight excluding hydrogens is 382 g/mol. The Bertz CT molecular complexity index is 973. The van der Waals surface area contributed by atoms with E-state index in [2.05, 4.69) is 10.5 Å². The van der Waals surface area contributed by atoms with E-state index in [-0.39, 0.29) is 11.5 Å². The molecule has 0 saturated carbocycles. The number of ether oxygens (including phenoxy) is 1. The van der Waals surface area contributed by atoms with E-state index in [1.165, 1.54) is 13.3 Å². The molecule has 0 heterocycles. The number of hydrazone groups is 1. The third-order valence-electron chi connectivity index (χ3n) is 3.97. The van der Waals surface area contributed by atoms with Crippen molar-refractivity contribution in [1.82, 2.24) is 5.43 Å². The Hall–Kier alpha value is -3.07. The lowest BCUT2D eigenvalue weighted by molar-refractivity contribution is -0.119. The number of phenolic OH excluding ortho intramolecular Hbond substituents is 1. The van der Waals surface area contributed by atoms with Crippen molar-refractivity contribution in [3.63, 3.8) is 0 Å². The smallest absolute Gasteiger partial charge is 0.260 e. The summed E-state index contributed by atoms with van der Waals surface area (Å²) in [6.45, 7) is 1.49. The quantitative estimate of drug-likeness (QED) is 0.515. The van der Waals surface area contributed by atoms with Gasteiger partial charge in [-0.1, -0.05) is 31.2 Å². The van der Waals surface area contributed by atoms with Gasteiger partial charge in [-0.3, -0.25) is 9.10 Å². The molecule has 0 fully saturated rings. The summed E-state index contributed by atoms with van der Waals surface area (Å²) in [7, 11) is -2.25. The number of hydrogen-bond acceptors (Lipinski definition) is 6. The molecule has 9 heteroatoms. The Kier molecular flexibility index (Phi) is 7.00. The summed E-state index contributed by atoms with van der Waals surface area (Å²) in [6, 6.07) is 11.8. The van der Waals surface area contributed by atoms with Crippen LogP contribution >= 0.6 is 0 Å². The predicted octanol–water partition coefficient (Wildman–Crippen LogP) is 1.88. The van der Waals surface area contributed by atoms with E-state index in [1.54, 1.807) is 30.3 Å². The molecule has 2 N–H and O–H groups in total. The van der Waals surface area contributed by atoms with Crippen LogP contribution in [-0.2, 0) is 21.2 Å². The number of rotatable bonds is 8. The molecule has 0 aromatic heterocycles. The molecule has 2 aromatic carbocycles. The third-order valence-corrected chi connectivity index (χ3v) is 5.10. The van der Waals surface area contributed by atoms with Gasteiger partial charge in [0.15, 0.2) is 11.5 Å². The maximum atomic E-state index is 12.3. The zero-order chi connectivity index (χ0) is 20.7. The minimum atomic E-state index is -3.67. The molecule has 0 aliphatic heterocycles. The van der Waals surface area contributed by atoms with Crippen molar-refractivity contribution in [1.29, 1.82) is 0 Å². The topological polar surface area (TPSA) is 108 Å². The molecule has 0 radical (unpaired) electrons. The molecule has 28 heavy (non-hydrogen) atoms. The van der Waals surface area contributed by atoms with Crippen LogP contribution in [0.2, 0.25) is 0 Å². The largest absolute Gasteiger partial charge is 0.504 e. The summed E-state index contributed by atoms with van der Waals surface area (Å²) in [5.41, 5.74) is 3.89. The van der Waals surface area contributed by atoms with Gasteiger partial charge in [0.1, 0.15) is 6.54 Å². The fourth-order valence-corrected chi connectivity index (χ4v) is 3.47. The van der Waals surface area contributed by atoms with Gasteiger partial charge in [-0.15, -0.1) is 0 Å². The molecule has 1 amide bonds. The Morgan fingerprint density at radius 3 is 2.61 bits per heavy atom. The van der Waals surface area contributed by atoms with E-state index in [1.807, 2.05) is 19.1 Å². The fraction of sp³-hybridized carbons (Fsp3) is 0.263. The van der Waals surface area contributed by atoms with Crippen molar-refractivity contribution in [2.75, 3.05) is 24.2 Å². The first-order valence-corrected chi connectivity index (χ1v) is 10.4. The van der Waals surface area contributed by atoms with Crippen LogP contribution in [0.5, 0.6) is 11.5 Å². The van der Waals surface area contributed by atoms with Gasteiger partial charge in [-0.25, -0.2) is 13.8 Å². The van der Waals surface area contributed by atoms with Crippen LogP contribution < -0.4 is 14.5 Å². The summed E-state index contributed by atoms with van der Waals surface area (Å²) in [6.07, 6.45) is 2.92. The molecule has 0 bridgehead atoms. The SMILES string of the molecule is CCc1ccccc1N(CC(=O)N/N=C\c1cccc(OC)c1O)S(C)(=O)=O. The highest BCUT2D eigenvalue weighted by Crippen LogP contribution is 2.28. The zero-order valence-corrected chi connectivity index (χ0v) is 16.7. The van der Waals surface area contributed by atoms with Gasteiger partial charge in [0, 0.05) is 5.56 Å². The Morgan fingerprint density at radius 2 is 1.96 bits per heavy atom. The van der Waals surface area contributed by atoms with Crippen LogP contribution in [-0.4, -0.2) is 45.6 Å². The van der Waals surface area contributed by atoms with Crippen molar-refractivity contribution in [3.05, 3.63) is 53.6 Å². The van der Waals surface area contributed by atoms with Crippen molar-refractivity contribution in [2.45, 2.75) is 13.3 Å². The minimum absolute atomic E-state index is 0.113. The molecule has 0 unspecified atom stereocenters. The molecule has 0 atom stereocenters.